The lowest BCUT2D eigenvalue weighted by Crippen LogP contribution is -2.35. The summed E-state index contributed by atoms with van der Waals surface area (Å²) >= 11 is 0. The summed E-state index contributed by atoms with van der Waals surface area (Å²) in [4.78, 5) is 14.8. The Morgan fingerprint density at radius 1 is 1.25 bits per heavy atom. The predicted molar refractivity (Wildman–Crippen MR) is 83.3 cm³/mol. The van der Waals surface area contributed by atoms with E-state index in [0.29, 0.717) is 12.6 Å². The maximum absolute atomic E-state index is 12.5. The predicted octanol–water partition coefficient (Wildman–Crippen LogP) is 3.48. The van der Waals surface area contributed by atoms with Crippen LogP contribution in [0.15, 0.2) is 6.07 Å². The van der Waals surface area contributed by atoms with Crippen LogP contribution in [0.25, 0.3) is 0 Å². The summed E-state index contributed by atoms with van der Waals surface area (Å²) in [5.41, 5.74) is 3.13. The maximum atomic E-state index is 12.5. The Morgan fingerprint density at radius 2 is 1.85 bits per heavy atom. The third-order valence-electron chi connectivity index (χ3n) is 4.92. The van der Waals surface area contributed by atoms with Crippen molar-refractivity contribution in [3.63, 3.8) is 0 Å². The lowest BCUT2D eigenvalue weighted by Gasteiger charge is -2.26. The van der Waals surface area contributed by atoms with Gasteiger partial charge in [-0.15, -0.1) is 0 Å². The minimum absolute atomic E-state index is 0.262. The Kier molecular flexibility index (Phi) is 5.03. The molecule has 0 aliphatic heterocycles. The third-order valence-corrected chi connectivity index (χ3v) is 4.92. The normalized spacial score (nSPS) is 17.4. The van der Waals surface area contributed by atoms with Gasteiger partial charge >= 0.3 is 0 Å². The van der Waals surface area contributed by atoms with Crippen molar-refractivity contribution in [1.29, 1.82) is 0 Å². The van der Waals surface area contributed by atoms with Gasteiger partial charge in [0.25, 0.3) is 0 Å². The fourth-order valence-corrected chi connectivity index (χ4v) is 3.28. The van der Waals surface area contributed by atoms with Gasteiger partial charge in [0.15, 0.2) is 5.78 Å². The average molecular weight is 276 g/mol. The number of ketones is 1. The van der Waals surface area contributed by atoms with Crippen molar-refractivity contribution in [1.82, 2.24) is 9.47 Å². The molecule has 0 saturated heterocycles. The molecule has 0 amide bonds. The minimum atomic E-state index is 0.262. The van der Waals surface area contributed by atoms with Crippen molar-refractivity contribution in [3.8, 4) is 0 Å². The molecule has 0 atom stereocenters. The Labute approximate surface area is 123 Å². The molecule has 1 aliphatic carbocycles. The fourth-order valence-electron chi connectivity index (χ4n) is 3.28. The zero-order valence-corrected chi connectivity index (χ0v) is 13.4. The highest BCUT2D eigenvalue weighted by molar-refractivity contribution is 5.99. The minimum Gasteiger partial charge on any atom is -0.351 e. The standard InChI is InChI=1S/C17H28N2O/c1-13-11-16(14(2)19(13)4)17(20)12-18(3)15-9-7-5-6-8-10-15/h11,15H,5-10,12H2,1-4H3. The molecule has 1 fully saturated rings. The molecular formula is C17H28N2O. The molecule has 2 rings (SSSR count). The van der Waals surface area contributed by atoms with E-state index in [2.05, 4.69) is 23.4 Å². The van der Waals surface area contributed by atoms with Gasteiger partial charge in [-0.2, -0.15) is 0 Å². The maximum Gasteiger partial charge on any atom is 0.178 e. The molecule has 3 heteroatoms. The summed E-state index contributed by atoms with van der Waals surface area (Å²) < 4.78 is 2.10. The van der Waals surface area contributed by atoms with Crippen LogP contribution in [0, 0.1) is 13.8 Å². The first kappa shape index (κ1) is 15.3. The van der Waals surface area contributed by atoms with Crippen LogP contribution in [0.4, 0.5) is 0 Å². The highest BCUT2D eigenvalue weighted by Crippen LogP contribution is 2.22. The summed E-state index contributed by atoms with van der Waals surface area (Å²) in [6.45, 7) is 4.64. The van der Waals surface area contributed by atoms with E-state index in [0.717, 1.165) is 17.0 Å². The van der Waals surface area contributed by atoms with Crippen molar-refractivity contribution in [2.75, 3.05) is 13.6 Å². The van der Waals surface area contributed by atoms with Crippen LogP contribution < -0.4 is 0 Å². The molecule has 1 aromatic heterocycles. The zero-order valence-electron chi connectivity index (χ0n) is 13.4. The second-order valence-corrected chi connectivity index (χ2v) is 6.33. The van der Waals surface area contributed by atoms with Crippen molar-refractivity contribution in [3.05, 3.63) is 23.0 Å². The van der Waals surface area contributed by atoms with Crippen LogP contribution in [0.1, 0.15) is 60.3 Å². The van der Waals surface area contributed by atoms with Gasteiger partial charge in [0, 0.05) is 30.0 Å². The van der Waals surface area contributed by atoms with Gasteiger partial charge in [-0.25, -0.2) is 0 Å². The molecule has 1 heterocycles. The number of carbonyl (C=O) groups excluding carboxylic acids is 1. The van der Waals surface area contributed by atoms with Gasteiger partial charge in [-0.1, -0.05) is 25.7 Å². The van der Waals surface area contributed by atoms with Gasteiger partial charge in [0.2, 0.25) is 0 Å². The number of likely N-dealkylation sites (N-methyl/N-ethyl adjacent to an activating group) is 1. The molecule has 0 unspecified atom stereocenters. The number of Topliss-reactive ketones (excluding diaryl/α,β-unsaturated/α-hetero) is 1. The van der Waals surface area contributed by atoms with Crippen LogP contribution in [0.3, 0.4) is 0 Å². The van der Waals surface area contributed by atoms with Gasteiger partial charge in [0.1, 0.15) is 0 Å². The van der Waals surface area contributed by atoms with Crippen LogP contribution in [0.2, 0.25) is 0 Å². The van der Waals surface area contributed by atoms with Gasteiger partial charge in [0.05, 0.1) is 6.54 Å². The highest BCUT2D eigenvalue weighted by Gasteiger charge is 2.21. The molecule has 0 bridgehead atoms. The molecule has 1 saturated carbocycles. The Balaban J connectivity index is 2.01. The van der Waals surface area contributed by atoms with Crippen molar-refractivity contribution in [2.45, 2.75) is 58.4 Å². The number of hydrogen-bond donors (Lipinski definition) is 0. The molecule has 112 valence electrons. The molecule has 0 spiro atoms. The largest absolute Gasteiger partial charge is 0.351 e. The number of rotatable bonds is 4. The lowest BCUT2D eigenvalue weighted by atomic mass is 10.1. The van der Waals surface area contributed by atoms with Gasteiger partial charge < -0.3 is 4.57 Å². The van der Waals surface area contributed by atoms with E-state index in [4.69, 9.17) is 0 Å². The topological polar surface area (TPSA) is 25.2 Å². The zero-order chi connectivity index (χ0) is 14.7. The molecular weight excluding hydrogens is 248 g/mol. The van der Waals surface area contributed by atoms with Crippen molar-refractivity contribution < 1.29 is 4.79 Å². The number of carbonyl (C=O) groups is 1. The second-order valence-electron chi connectivity index (χ2n) is 6.33. The molecule has 20 heavy (non-hydrogen) atoms. The van der Waals surface area contributed by atoms with Crippen LogP contribution in [0.5, 0.6) is 0 Å². The Morgan fingerprint density at radius 3 is 2.35 bits per heavy atom. The lowest BCUT2D eigenvalue weighted by molar-refractivity contribution is 0.0911. The van der Waals surface area contributed by atoms with Crippen LogP contribution >= 0.6 is 0 Å². The smallest absolute Gasteiger partial charge is 0.178 e. The molecule has 0 aromatic carbocycles. The number of hydrogen-bond acceptors (Lipinski definition) is 2. The summed E-state index contributed by atoms with van der Waals surface area (Å²) in [6.07, 6.45) is 7.83. The molecule has 3 nitrogen and oxygen atoms in total. The molecule has 1 aromatic rings. The molecule has 0 radical (unpaired) electrons. The number of nitrogens with zero attached hydrogens (tertiary/aromatic N) is 2. The number of aromatic nitrogens is 1. The quantitative estimate of drug-likeness (QED) is 0.621. The van der Waals surface area contributed by atoms with E-state index < -0.39 is 0 Å². The highest BCUT2D eigenvalue weighted by atomic mass is 16.1. The summed E-state index contributed by atoms with van der Waals surface area (Å²) in [6, 6.07) is 2.62. The summed E-state index contributed by atoms with van der Waals surface area (Å²) in [5.74, 6) is 0.262. The first-order valence-corrected chi connectivity index (χ1v) is 7.87. The van der Waals surface area contributed by atoms with E-state index in [9.17, 15) is 4.79 Å². The van der Waals surface area contributed by atoms with Crippen LogP contribution in [-0.2, 0) is 7.05 Å². The van der Waals surface area contributed by atoms with Crippen molar-refractivity contribution in [2.24, 2.45) is 7.05 Å². The average Bonchev–Trinajstić information content (AvgIpc) is 2.67. The third kappa shape index (κ3) is 3.32. The summed E-state index contributed by atoms with van der Waals surface area (Å²) in [5, 5.41) is 0. The Hall–Kier alpha value is -1.09. The summed E-state index contributed by atoms with van der Waals surface area (Å²) in [7, 11) is 4.13. The molecule has 0 N–H and O–H groups in total. The SMILES string of the molecule is Cc1cc(C(=O)CN(C)C2CCCCCC2)c(C)n1C. The van der Waals surface area contributed by atoms with Gasteiger partial charge in [-0.3, -0.25) is 9.69 Å². The first-order chi connectivity index (χ1) is 9.50. The van der Waals surface area contributed by atoms with E-state index in [1.165, 1.54) is 38.5 Å². The molecule has 1 aliphatic rings. The number of aryl methyl sites for hydroxylation is 1. The fraction of sp³-hybridized carbons (Fsp3) is 0.706. The Bertz CT molecular complexity index is 468. The first-order valence-electron chi connectivity index (χ1n) is 7.87. The second kappa shape index (κ2) is 6.57. The van der Waals surface area contributed by atoms with Gasteiger partial charge in [-0.05, 0) is 39.8 Å². The van der Waals surface area contributed by atoms with E-state index in [-0.39, 0.29) is 5.78 Å². The monoisotopic (exact) mass is 276 g/mol. The van der Waals surface area contributed by atoms with Crippen LogP contribution in [-0.4, -0.2) is 34.9 Å². The van der Waals surface area contributed by atoms with E-state index in [1.54, 1.807) is 0 Å². The van der Waals surface area contributed by atoms with Crippen molar-refractivity contribution >= 4 is 5.78 Å². The van der Waals surface area contributed by atoms with E-state index in [1.807, 2.05) is 20.0 Å². The van der Waals surface area contributed by atoms with E-state index >= 15 is 0 Å².